The van der Waals surface area contributed by atoms with Crippen LogP contribution in [0.3, 0.4) is 0 Å². The first kappa shape index (κ1) is 13.3. The monoisotopic (exact) mass is 261 g/mol. The molecule has 1 atom stereocenters. The number of nitrogens with zero attached hydrogens (tertiary/aromatic N) is 2. The number of hydrogen-bond acceptors (Lipinski definition) is 4. The van der Waals surface area contributed by atoms with Crippen LogP contribution in [0.4, 0.5) is 0 Å². The molecule has 1 saturated carbocycles. The van der Waals surface area contributed by atoms with Gasteiger partial charge in [-0.25, -0.2) is 12.7 Å². The Morgan fingerprint density at radius 1 is 1.29 bits per heavy atom. The molecule has 1 aliphatic carbocycles. The van der Waals surface area contributed by atoms with Crippen molar-refractivity contribution in [3.8, 4) is 0 Å². The number of likely N-dealkylation sites (tertiary alicyclic amines) is 1. The minimum atomic E-state index is -3.05. The van der Waals surface area contributed by atoms with E-state index >= 15 is 0 Å². The summed E-state index contributed by atoms with van der Waals surface area (Å²) in [4.78, 5) is 2.53. The molecule has 0 amide bonds. The lowest BCUT2D eigenvalue weighted by molar-refractivity contribution is 0.318. The summed E-state index contributed by atoms with van der Waals surface area (Å²) < 4.78 is 24.4. The van der Waals surface area contributed by atoms with Crippen molar-refractivity contribution in [1.29, 1.82) is 0 Å². The summed E-state index contributed by atoms with van der Waals surface area (Å²) in [5, 5.41) is 3.36. The topological polar surface area (TPSA) is 52.7 Å². The smallest absolute Gasteiger partial charge is 0.214 e. The second-order valence-electron chi connectivity index (χ2n) is 5.26. The first-order chi connectivity index (χ1) is 7.99. The minimum Gasteiger partial charge on any atom is -0.312 e. The van der Waals surface area contributed by atoms with E-state index in [1.54, 1.807) is 14.1 Å². The molecule has 100 valence electrons. The molecule has 0 bridgehead atoms. The molecule has 1 aliphatic heterocycles. The maximum Gasteiger partial charge on any atom is 0.214 e. The summed E-state index contributed by atoms with van der Waals surface area (Å²) in [5.41, 5.74) is 0. The molecule has 1 unspecified atom stereocenters. The van der Waals surface area contributed by atoms with Crippen LogP contribution >= 0.6 is 0 Å². The van der Waals surface area contributed by atoms with E-state index in [-0.39, 0.29) is 5.75 Å². The zero-order chi connectivity index (χ0) is 12.5. The van der Waals surface area contributed by atoms with Crippen LogP contribution < -0.4 is 5.32 Å². The van der Waals surface area contributed by atoms with Gasteiger partial charge in [0.2, 0.25) is 10.0 Å². The van der Waals surface area contributed by atoms with Gasteiger partial charge in [-0.05, 0) is 19.3 Å². The fraction of sp³-hybridized carbons (Fsp3) is 1.00. The van der Waals surface area contributed by atoms with Crippen molar-refractivity contribution in [3.05, 3.63) is 0 Å². The third kappa shape index (κ3) is 3.64. The average molecular weight is 261 g/mol. The second kappa shape index (κ2) is 5.22. The summed E-state index contributed by atoms with van der Waals surface area (Å²) in [6.07, 6.45) is 3.85. The van der Waals surface area contributed by atoms with Crippen LogP contribution in [0.2, 0.25) is 0 Å². The van der Waals surface area contributed by atoms with Crippen LogP contribution in [0.25, 0.3) is 0 Å². The van der Waals surface area contributed by atoms with Gasteiger partial charge in [-0.15, -0.1) is 0 Å². The maximum atomic E-state index is 11.6. The number of hydrogen-bond donors (Lipinski definition) is 1. The Labute approximate surface area is 104 Å². The molecule has 2 rings (SSSR count). The molecule has 0 radical (unpaired) electrons. The van der Waals surface area contributed by atoms with Crippen molar-refractivity contribution in [3.63, 3.8) is 0 Å². The van der Waals surface area contributed by atoms with Gasteiger partial charge in [0.25, 0.3) is 0 Å². The van der Waals surface area contributed by atoms with Gasteiger partial charge in [0.05, 0.1) is 5.75 Å². The third-order valence-electron chi connectivity index (χ3n) is 3.63. The number of rotatable bonds is 6. The van der Waals surface area contributed by atoms with Crippen LogP contribution in [0.15, 0.2) is 0 Å². The molecule has 1 N–H and O–H groups in total. The average Bonchev–Trinajstić information content (AvgIpc) is 2.99. The van der Waals surface area contributed by atoms with Gasteiger partial charge in [-0.2, -0.15) is 0 Å². The van der Waals surface area contributed by atoms with Crippen molar-refractivity contribution < 1.29 is 8.42 Å². The highest BCUT2D eigenvalue weighted by Gasteiger charge is 2.34. The molecule has 2 fully saturated rings. The Hall–Kier alpha value is -0.170. The lowest BCUT2D eigenvalue weighted by atomic mass is 10.3. The standard InChI is InChI=1S/C11H23N3O2S/c1-13(2)17(15,16)8-6-12-10-5-7-14(9-10)11-3-4-11/h10-12H,3-9H2,1-2H3. The van der Waals surface area contributed by atoms with Gasteiger partial charge in [0.15, 0.2) is 0 Å². The van der Waals surface area contributed by atoms with Gasteiger partial charge in [0.1, 0.15) is 0 Å². The Kier molecular flexibility index (Phi) is 4.07. The summed E-state index contributed by atoms with van der Waals surface area (Å²) in [7, 11) is 0.116. The largest absolute Gasteiger partial charge is 0.312 e. The number of sulfonamides is 1. The molecule has 0 spiro atoms. The molecule has 17 heavy (non-hydrogen) atoms. The molecule has 0 aromatic rings. The predicted molar refractivity (Wildman–Crippen MR) is 68.5 cm³/mol. The van der Waals surface area contributed by atoms with Crippen LogP contribution in [0.5, 0.6) is 0 Å². The van der Waals surface area contributed by atoms with E-state index in [4.69, 9.17) is 0 Å². The van der Waals surface area contributed by atoms with Crippen LogP contribution in [0, 0.1) is 0 Å². The van der Waals surface area contributed by atoms with Crippen molar-refractivity contribution >= 4 is 10.0 Å². The molecule has 6 heteroatoms. The van der Waals surface area contributed by atoms with E-state index in [1.807, 2.05) is 0 Å². The van der Waals surface area contributed by atoms with E-state index < -0.39 is 10.0 Å². The quantitative estimate of drug-likeness (QED) is 0.713. The van der Waals surface area contributed by atoms with E-state index in [1.165, 1.54) is 23.7 Å². The highest BCUT2D eigenvalue weighted by atomic mass is 32.2. The highest BCUT2D eigenvalue weighted by molar-refractivity contribution is 7.89. The molecule has 0 aromatic carbocycles. The van der Waals surface area contributed by atoms with Crippen molar-refractivity contribution in [2.24, 2.45) is 0 Å². The maximum absolute atomic E-state index is 11.6. The first-order valence-electron chi connectivity index (χ1n) is 6.36. The van der Waals surface area contributed by atoms with Crippen LogP contribution in [0.1, 0.15) is 19.3 Å². The first-order valence-corrected chi connectivity index (χ1v) is 7.97. The van der Waals surface area contributed by atoms with Crippen molar-refractivity contribution in [2.75, 3.05) is 39.5 Å². The van der Waals surface area contributed by atoms with Crippen LogP contribution in [-0.4, -0.2) is 69.2 Å². The lowest BCUT2D eigenvalue weighted by Gasteiger charge is -2.16. The Morgan fingerprint density at radius 3 is 2.59 bits per heavy atom. The van der Waals surface area contributed by atoms with Gasteiger partial charge in [-0.1, -0.05) is 0 Å². The van der Waals surface area contributed by atoms with Gasteiger partial charge in [-0.3, -0.25) is 4.90 Å². The van der Waals surface area contributed by atoms with Gasteiger partial charge in [0, 0.05) is 45.8 Å². The van der Waals surface area contributed by atoms with E-state index in [0.717, 1.165) is 19.0 Å². The molecule has 5 nitrogen and oxygen atoms in total. The second-order valence-corrected chi connectivity index (χ2v) is 7.57. The normalized spacial score (nSPS) is 26.9. The van der Waals surface area contributed by atoms with Gasteiger partial charge >= 0.3 is 0 Å². The van der Waals surface area contributed by atoms with Gasteiger partial charge < -0.3 is 5.32 Å². The summed E-state index contributed by atoms with van der Waals surface area (Å²) in [6, 6.07) is 1.31. The predicted octanol–water partition coefficient (Wildman–Crippen LogP) is -0.296. The third-order valence-corrected chi connectivity index (χ3v) is 5.47. The highest BCUT2D eigenvalue weighted by Crippen LogP contribution is 2.29. The fourth-order valence-corrected chi connectivity index (χ4v) is 3.04. The number of nitrogens with one attached hydrogen (secondary N) is 1. The lowest BCUT2D eigenvalue weighted by Crippen LogP contribution is -2.38. The Balaban J connectivity index is 1.66. The van der Waals surface area contributed by atoms with Crippen molar-refractivity contribution in [1.82, 2.24) is 14.5 Å². The summed E-state index contributed by atoms with van der Waals surface area (Å²) in [5.74, 6) is 0.194. The Bertz CT molecular complexity index is 352. The summed E-state index contributed by atoms with van der Waals surface area (Å²) >= 11 is 0. The summed E-state index contributed by atoms with van der Waals surface area (Å²) in [6.45, 7) is 2.82. The molecule has 2 aliphatic rings. The SMILES string of the molecule is CN(C)S(=O)(=O)CCNC1CCN(C2CC2)C1. The Morgan fingerprint density at radius 2 is 2.00 bits per heavy atom. The minimum absolute atomic E-state index is 0.194. The molecular weight excluding hydrogens is 238 g/mol. The van der Waals surface area contributed by atoms with Crippen molar-refractivity contribution in [2.45, 2.75) is 31.3 Å². The molecule has 0 aromatic heterocycles. The fourth-order valence-electron chi connectivity index (χ4n) is 2.30. The zero-order valence-corrected chi connectivity index (χ0v) is 11.5. The molecule has 1 heterocycles. The molecular formula is C11H23N3O2S. The van der Waals surface area contributed by atoms with E-state index in [2.05, 4.69) is 10.2 Å². The van der Waals surface area contributed by atoms with E-state index in [0.29, 0.717) is 12.6 Å². The molecule has 1 saturated heterocycles. The zero-order valence-electron chi connectivity index (χ0n) is 10.7. The van der Waals surface area contributed by atoms with E-state index in [9.17, 15) is 8.42 Å². The van der Waals surface area contributed by atoms with Crippen LogP contribution in [-0.2, 0) is 10.0 Å².